The highest BCUT2D eigenvalue weighted by Gasteiger charge is 2.28. The van der Waals surface area contributed by atoms with E-state index < -0.39 is 0 Å². The number of fused-ring (bicyclic) bond motifs is 1. The molecule has 0 spiro atoms. The number of methoxy groups -OCH3 is 1. The number of esters is 1. The second kappa shape index (κ2) is 5.71. The summed E-state index contributed by atoms with van der Waals surface area (Å²) in [7, 11) is 1.37. The van der Waals surface area contributed by atoms with Crippen LogP contribution in [0.1, 0.15) is 34.6 Å². The number of rotatable bonds is 3. The Bertz CT molecular complexity index is 510. The van der Waals surface area contributed by atoms with Crippen LogP contribution < -0.4 is 5.32 Å². The molecule has 19 heavy (non-hydrogen) atoms. The molecule has 104 valence electrons. The first kappa shape index (κ1) is 14.0. The van der Waals surface area contributed by atoms with Crippen molar-refractivity contribution in [3.05, 3.63) is 16.0 Å². The lowest BCUT2D eigenvalue weighted by Gasteiger charge is -2.25. The zero-order valence-corrected chi connectivity index (χ0v) is 12.2. The minimum absolute atomic E-state index is 0.170. The van der Waals surface area contributed by atoms with Gasteiger partial charge in [0.2, 0.25) is 5.91 Å². The molecular weight excluding hydrogens is 264 g/mol. The smallest absolute Gasteiger partial charge is 0.341 e. The third kappa shape index (κ3) is 2.79. The maximum absolute atomic E-state index is 11.9. The first-order valence-electron chi connectivity index (χ1n) is 6.29. The number of nitrogens with zero attached hydrogens (tertiary/aromatic N) is 1. The van der Waals surface area contributed by atoms with Crippen LogP contribution in [0.15, 0.2) is 0 Å². The van der Waals surface area contributed by atoms with Gasteiger partial charge in [0.25, 0.3) is 0 Å². The van der Waals surface area contributed by atoms with Gasteiger partial charge in [-0.2, -0.15) is 0 Å². The minimum atomic E-state index is -0.369. The van der Waals surface area contributed by atoms with Crippen molar-refractivity contribution in [3.8, 4) is 0 Å². The van der Waals surface area contributed by atoms with Crippen LogP contribution in [0.5, 0.6) is 0 Å². The van der Waals surface area contributed by atoms with Crippen LogP contribution >= 0.6 is 11.3 Å². The molecule has 0 radical (unpaired) electrons. The van der Waals surface area contributed by atoms with Crippen LogP contribution in [-0.2, 0) is 22.5 Å². The van der Waals surface area contributed by atoms with E-state index in [1.807, 2.05) is 0 Å². The van der Waals surface area contributed by atoms with Gasteiger partial charge in [0.15, 0.2) is 0 Å². The van der Waals surface area contributed by atoms with Crippen LogP contribution in [0.25, 0.3) is 0 Å². The molecule has 1 aliphatic heterocycles. The fourth-order valence-electron chi connectivity index (χ4n) is 2.29. The topological polar surface area (TPSA) is 58.6 Å². The van der Waals surface area contributed by atoms with Crippen molar-refractivity contribution in [2.45, 2.75) is 26.8 Å². The van der Waals surface area contributed by atoms with Gasteiger partial charge in [-0.25, -0.2) is 4.79 Å². The molecule has 2 rings (SSSR count). The van der Waals surface area contributed by atoms with Crippen molar-refractivity contribution in [2.75, 3.05) is 25.5 Å². The second-order valence-corrected chi connectivity index (χ2v) is 5.60. The Morgan fingerprint density at radius 3 is 2.79 bits per heavy atom. The summed E-state index contributed by atoms with van der Waals surface area (Å²) < 4.78 is 4.84. The molecule has 1 aromatic rings. The zero-order valence-electron chi connectivity index (χ0n) is 11.4. The zero-order chi connectivity index (χ0) is 14.0. The number of carbonyl (C=O) groups is 2. The first-order valence-corrected chi connectivity index (χ1v) is 7.11. The van der Waals surface area contributed by atoms with Crippen LogP contribution in [-0.4, -0.2) is 37.0 Å². The van der Waals surface area contributed by atoms with E-state index in [-0.39, 0.29) is 11.9 Å². The summed E-state index contributed by atoms with van der Waals surface area (Å²) in [6.45, 7) is 6.32. The third-order valence-electron chi connectivity index (χ3n) is 3.26. The van der Waals surface area contributed by atoms with E-state index in [1.54, 1.807) is 0 Å². The van der Waals surface area contributed by atoms with Crippen LogP contribution in [0.2, 0.25) is 0 Å². The van der Waals surface area contributed by atoms with Gasteiger partial charge in [-0.15, -0.1) is 11.3 Å². The van der Waals surface area contributed by atoms with E-state index in [0.717, 1.165) is 36.5 Å². The van der Waals surface area contributed by atoms with Gasteiger partial charge < -0.3 is 10.1 Å². The predicted octanol–water partition coefficient (Wildman–Crippen LogP) is 1.87. The monoisotopic (exact) mass is 282 g/mol. The quantitative estimate of drug-likeness (QED) is 0.860. The summed E-state index contributed by atoms with van der Waals surface area (Å²) in [6, 6.07) is 0. The Kier molecular flexibility index (Phi) is 4.21. The number of ether oxygens (including phenoxy) is 1. The molecule has 0 unspecified atom stereocenters. The normalized spacial score (nSPS) is 14.9. The molecule has 0 fully saturated rings. The molecule has 5 nitrogen and oxygen atoms in total. The predicted molar refractivity (Wildman–Crippen MR) is 74.6 cm³/mol. The standard InChI is InChI=1S/C13H18N2O3S/c1-4-15-6-5-9-10(7-15)19-12(14-8(2)16)11(9)13(17)18-3/h4-7H2,1-3H3,(H,14,16). The molecule has 2 heterocycles. The maximum Gasteiger partial charge on any atom is 0.341 e. The third-order valence-corrected chi connectivity index (χ3v) is 4.39. The summed E-state index contributed by atoms with van der Waals surface area (Å²) >= 11 is 1.48. The van der Waals surface area contributed by atoms with E-state index in [0.29, 0.717) is 10.6 Å². The van der Waals surface area contributed by atoms with E-state index in [9.17, 15) is 9.59 Å². The highest BCUT2D eigenvalue weighted by atomic mass is 32.1. The molecular formula is C13H18N2O3S. The highest BCUT2D eigenvalue weighted by Crippen LogP contribution is 2.37. The van der Waals surface area contributed by atoms with Crippen molar-refractivity contribution < 1.29 is 14.3 Å². The average Bonchev–Trinajstić information content (AvgIpc) is 2.73. The van der Waals surface area contributed by atoms with Crippen molar-refractivity contribution >= 4 is 28.2 Å². The lowest BCUT2D eigenvalue weighted by molar-refractivity contribution is -0.114. The van der Waals surface area contributed by atoms with Gasteiger partial charge in [-0.05, 0) is 18.5 Å². The number of hydrogen-bond acceptors (Lipinski definition) is 5. The van der Waals surface area contributed by atoms with Gasteiger partial charge in [0.05, 0.1) is 12.7 Å². The molecule has 1 aromatic heterocycles. The van der Waals surface area contributed by atoms with Gasteiger partial charge in [0, 0.05) is 24.9 Å². The molecule has 6 heteroatoms. The molecule has 1 N–H and O–H groups in total. The molecule has 0 saturated heterocycles. The van der Waals surface area contributed by atoms with Crippen LogP contribution in [0.3, 0.4) is 0 Å². The van der Waals surface area contributed by atoms with Crippen molar-refractivity contribution in [1.29, 1.82) is 0 Å². The Morgan fingerprint density at radius 2 is 2.21 bits per heavy atom. The Hall–Kier alpha value is -1.40. The molecule has 1 aliphatic rings. The maximum atomic E-state index is 11.9. The number of thiophene rings is 1. The number of hydrogen-bond donors (Lipinski definition) is 1. The Balaban J connectivity index is 2.41. The van der Waals surface area contributed by atoms with Crippen LogP contribution in [0.4, 0.5) is 5.00 Å². The van der Waals surface area contributed by atoms with E-state index in [2.05, 4.69) is 17.1 Å². The lowest BCUT2D eigenvalue weighted by Crippen LogP contribution is -2.29. The van der Waals surface area contributed by atoms with E-state index >= 15 is 0 Å². The fraction of sp³-hybridized carbons (Fsp3) is 0.538. The second-order valence-electron chi connectivity index (χ2n) is 4.50. The van der Waals surface area contributed by atoms with Gasteiger partial charge in [-0.3, -0.25) is 9.69 Å². The number of carbonyl (C=O) groups excluding carboxylic acids is 2. The largest absolute Gasteiger partial charge is 0.465 e. The lowest BCUT2D eigenvalue weighted by atomic mass is 10.0. The summed E-state index contributed by atoms with van der Waals surface area (Å²) in [5.41, 5.74) is 1.57. The van der Waals surface area contributed by atoms with Gasteiger partial charge >= 0.3 is 5.97 Å². The number of amides is 1. The van der Waals surface area contributed by atoms with Crippen molar-refractivity contribution in [2.24, 2.45) is 0 Å². The molecule has 0 saturated carbocycles. The Morgan fingerprint density at radius 1 is 1.47 bits per heavy atom. The number of nitrogens with one attached hydrogen (secondary N) is 1. The molecule has 1 amide bonds. The average molecular weight is 282 g/mol. The molecule has 0 aromatic carbocycles. The highest BCUT2D eigenvalue weighted by molar-refractivity contribution is 7.17. The van der Waals surface area contributed by atoms with Gasteiger partial charge in [0.1, 0.15) is 5.00 Å². The summed E-state index contributed by atoms with van der Waals surface area (Å²) in [4.78, 5) is 26.6. The van der Waals surface area contributed by atoms with E-state index in [1.165, 1.54) is 25.4 Å². The Labute approximate surface area is 116 Å². The van der Waals surface area contributed by atoms with Crippen molar-refractivity contribution in [3.63, 3.8) is 0 Å². The van der Waals surface area contributed by atoms with Crippen molar-refractivity contribution in [1.82, 2.24) is 4.90 Å². The molecule has 0 aliphatic carbocycles. The molecule has 0 atom stereocenters. The first-order chi connectivity index (χ1) is 9.06. The van der Waals surface area contributed by atoms with Crippen LogP contribution in [0, 0.1) is 0 Å². The van der Waals surface area contributed by atoms with Gasteiger partial charge in [-0.1, -0.05) is 6.92 Å². The molecule has 0 bridgehead atoms. The summed E-state index contributed by atoms with van der Waals surface area (Å²) in [6.07, 6.45) is 0.823. The number of anilines is 1. The van der Waals surface area contributed by atoms with E-state index in [4.69, 9.17) is 4.74 Å². The minimum Gasteiger partial charge on any atom is -0.465 e. The SMILES string of the molecule is CCN1CCc2c(sc(NC(C)=O)c2C(=O)OC)C1. The summed E-state index contributed by atoms with van der Waals surface area (Å²) in [5.74, 6) is -0.540. The summed E-state index contributed by atoms with van der Waals surface area (Å²) in [5, 5.41) is 3.35. The fourth-order valence-corrected chi connectivity index (χ4v) is 3.62. The number of likely N-dealkylation sites (N-methyl/N-ethyl adjacent to an activating group) is 1.